The van der Waals surface area contributed by atoms with Crippen LogP contribution >= 0.6 is 11.3 Å². The normalized spacial score (nSPS) is 42.8. The van der Waals surface area contributed by atoms with Gasteiger partial charge in [0.1, 0.15) is 6.10 Å². The van der Waals surface area contributed by atoms with Gasteiger partial charge < -0.3 is 10.1 Å². The van der Waals surface area contributed by atoms with Gasteiger partial charge in [0.15, 0.2) is 5.13 Å². The number of fused-ring (bicyclic) bond motifs is 7. The second kappa shape index (κ2) is 6.79. The molecule has 6 heteroatoms. The number of carbonyl (C=O) groups excluding carboxylic acids is 2. The Labute approximate surface area is 177 Å². The number of thiazole rings is 1. The summed E-state index contributed by atoms with van der Waals surface area (Å²) in [5.41, 5.74) is 1.81. The summed E-state index contributed by atoms with van der Waals surface area (Å²) in [7, 11) is 0. The highest BCUT2D eigenvalue weighted by Gasteiger charge is 2.60. The lowest BCUT2D eigenvalue weighted by Crippen LogP contribution is -2.54. The van der Waals surface area contributed by atoms with Crippen molar-refractivity contribution in [2.45, 2.75) is 83.7 Å². The van der Waals surface area contributed by atoms with Crippen LogP contribution in [0.1, 0.15) is 76.3 Å². The van der Waals surface area contributed by atoms with Crippen molar-refractivity contribution in [1.29, 1.82) is 0 Å². The largest absolute Gasteiger partial charge is 0.463 e. The number of esters is 1. The van der Waals surface area contributed by atoms with Gasteiger partial charge in [-0.3, -0.25) is 9.59 Å². The molecule has 0 spiro atoms. The molecule has 1 aromatic heterocycles. The molecule has 158 valence electrons. The van der Waals surface area contributed by atoms with Crippen LogP contribution in [0.3, 0.4) is 0 Å². The minimum atomic E-state index is -0.131. The number of rotatable bonds is 3. The maximum absolute atomic E-state index is 11.4. The molecule has 1 aromatic rings. The first kappa shape index (κ1) is 19.5. The van der Waals surface area contributed by atoms with E-state index < -0.39 is 0 Å². The predicted octanol–water partition coefficient (Wildman–Crippen LogP) is 4.70. The summed E-state index contributed by atoms with van der Waals surface area (Å²) >= 11 is 1.68. The van der Waals surface area contributed by atoms with Gasteiger partial charge in [-0.05, 0) is 80.5 Å². The van der Waals surface area contributed by atoms with Crippen molar-refractivity contribution in [2.24, 2.45) is 29.1 Å². The Kier molecular flexibility index (Phi) is 4.57. The Hall–Kier alpha value is -1.43. The monoisotopic (exact) mass is 416 g/mol. The molecule has 7 atom stereocenters. The average molecular weight is 417 g/mol. The molecule has 29 heavy (non-hydrogen) atoms. The van der Waals surface area contributed by atoms with E-state index in [1.807, 2.05) is 0 Å². The second-order valence-corrected chi connectivity index (χ2v) is 11.5. The van der Waals surface area contributed by atoms with Crippen LogP contribution in [0.15, 0.2) is 0 Å². The van der Waals surface area contributed by atoms with E-state index in [0.717, 1.165) is 42.6 Å². The SMILES string of the molecule is CC(=O)O[C@@H]1CC[C@@]2(C)[C@@H](CC[C@@H]3[C@@H]2CC[C@]2(C)c4nc(NC=O)sc4C[C@@H]32)C1. The highest BCUT2D eigenvalue weighted by atomic mass is 32.1. The number of nitrogens with one attached hydrogen (secondary N) is 1. The van der Waals surface area contributed by atoms with Crippen LogP contribution in [0, 0.1) is 29.1 Å². The summed E-state index contributed by atoms with van der Waals surface area (Å²) in [5.74, 6) is 2.78. The van der Waals surface area contributed by atoms with Gasteiger partial charge in [0.25, 0.3) is 0 Å². The minimum absolute atomic E-state index is 0.127. The van der Waals surface area contributed by atoms with Crippen molar-refractivity contribution < 1.29 is 14.3 Å². The third-order valence-corrected chi connectivity index (χ3v) is 10.2. The maximum Gasteiger partial charge on any atom is 0.302 e. The molecule has 1 heterocycles. The van der Waals surface area contributed by atoms with E-state index >= 15 is 0 Å². The number of hydrogen-bond acceptors (Lipinski definition) is 5. The van der Waals surface area contributed by atoms with Crippen molar-refractivity contribution in [3.8, 4) is 0 Å². The summed E-state index contributed by atoms with van der Waals surface area (Å²) < 4.78 is 5.59. The highest BCUT2D eigenvalue weighted by molar-refractivity contribution is 7.15. The summed E-state index contributed by atoms with van der Waals surface area (Å²) in [6.45, 7) is 6.50. The van der Waals surface area contributed by atoms with E-state index in [-0.39, 0.29) is 17.5 Å². The van der Waals surface area contributed by atoms with Gasteiger partial charge in [-0.1, -0.05) is 13.8 Å². The molecule has 4 aliphatic carbocycles. The first-order chi connectivity index (χ1) is 13.8. The zero-order valence-corrected chi connectivity index (χ0v) is 18.5. The molecular weight excluding hydrogens is 384 g/mol. The van der Waals surface area contributed by atoms with Crippen molar-refractivity contribution in [3.63, 3.8) is 0 Å². The number of nitrogens with zero attached hydrogens (tertiary/aromatic N) is 1. The number of anilines is 1. The van der Waals surface area contributed by atoms with E-state index in [0.29, 0.717) is 17.3 Å². The van der Waals surface area contributed by atoms with Crippen LogP contribution in [0.25, 0.3) is 0 Å². The topological polar surface area (TPSA) is 68.3 Å². The van der Waals surface area contributed by atoms with Crippen molar-refractivity contribution in [2.75, 3.05) is 5.32 Å². The highest BCUT2D eigenvalue weighted by Crippen LogP contribution is 2.66. The van der Waals surface area contributed by atoms with Gasteiger partial charge in [-0.2, -0.15) is 0 Å². The molecule has 5 nitrogen and oxygen atoms in total. The van der Waals surface area contributed by atoms with Crippen LogP contribution in [-0.4, -0.2) is 23.5 Å². The smallest absolute Gasteiger partial charge is 0.302 e. The molecule has 0 aromatic carbocycles. The van der Waals surface area contributed by atoms with E-state index in [2.05, 4.69) is 19.2 Å². The molecule has 3 saturated carbocycles. The second-order valence-electron chi connectivity index (χ2n) is 10.4. The summed E-state index contributed by atoms with van der Waals surface area (Å²) in [4.78, 5) is 28.5. The molecule has 5 rings (SSSR count). The van der Waals surface area contributed by atoms with E-state index in [9.17, 15) is 9.59 Å². The Morgan fingerprint density at radius 3 is 2.79 bits per heavy atom. The predicted molar refractivity (Wildman–Crippen MR) is 113 cm³/mol. The van der Waals surface area contributed by atoms with Crippen LogP contribution in [-0.2, 0) is 26.2 Å². The number of carbonyl (C=O) groups is 2. The number of ether oxygens (including phenoxy) is 1. The molecule has 1 N–H and O–H groups in total. The zero-order valence-electron chi connectivity index (χ0n) is 17.7. The Bertz CT molecular complexity index is 838. The molecule has 0 aliphatic heterocycles. The Morgan fingerprint density at radius 2 is 2.03 bits per heavy atom. The minimum Gasteiger partial charge on any atom is -0.463 e. The first-order valence-corrected chi connectivity index (χ1v) is 12.0. The van der Waals surface area contributed by atoms with E-state index in [4.69, 9.17) is 9.72 Å². The van der Waals surface area contributed by atoms with Crippen LogP contribution < -0.4 is 5.32 Å². The Morgan fingerprint density at radius 1 is 1.21 bits per heavy atom. The van der Waals surface area contributed by atoms with Gasteiger partial charge >= 0.3 is 5.97 Å². The summed E-state index contributed by atoms with van der Waals surface area (Å²) in [6, 6.07) is 0. The van der Waals surface area contributed by atoms with E-state index in [1.165, 1.54) is 49.6 Å². The fourth-order valence-corrected chi connectivity index (χ4v) is 8.92. The van der Waals surface area contributed by atoms with Gasteiger partial charge in [-0.25, -0.2) is 4.98 Å². The summed E-state index contributed by atoms with van der Waals surface area (Å²) in [5, 5.41) is 3.51. The van der Waals surface area contributed by atoms with Crippen LogP contribution in [0.4, 0.5) is 5.13 Å². The fourth-order valence-electron chi connectivity index (χ4n) is 7.80. The lowest BCUT2D eigenvalue weighted by atomic mass is 9.45. The van der Waals surface area contributed by atoms with Crippen molar-refractivity contribution in [3.05, 3.63) is 10.6 Å². The van der Waals surface area contributed by atoms with Gasteiger partial charge in [0, 0.05) is 17.2 Å². The quantitative estimate of drug-likeness (QED) is 0.573. The van der Waals surface area contributed by atoms with E-state index in [1.54, 1.807) is 11.3 Å². The van der Waals surface area contributed by atoms with Gasteiger partial charge in [0.2, 0.25) is 6.41 Å². The molecule has 4 aliphatic rings. The van der Waals surface area contributed by atoms with Crippen LogP contribution in [0.5, 0.6) is 0 Å². The third kappa shape index (κ3) is 2.88. The molecule has 0 saturated heterocycles. The number of hydrogen-bond donors (Lipinski definition) is 1. The van der Waals surface area contributed by atoms with Crippen molar-refractivity contribution in [1.82, 2.24) is 4.98 Å². The molecule has 0 radical (unpaired) electrons. The zero-order chi connectivity index (χ0) is 20.4. The molecular formula is C23H32N2O3S. The van der Waals surface area contributed by atoms with Crippen molar-refractivity contribution >= 4 is 28.8 Å². The molecule has 0 unspecified atom stereocenters. The molecule has 0 bridgehead atoms. The first-order valence-electron chi connectivity index (χ1n) is 11.2. The molecule has 1 amide bonds. The third-order valence-electron chi connectivity index (χ3n) is 9.17. The summed E-state index contributed by atoms with van der Waals surface area (Å²) in [6.07, 6.45) is 10.3. The molecule has 3 fully saturated rings. The van der Waals surface area contributed by atoms with Crippen LogP contribution in [0.2, 0.25) is 0 Å². The van der Waals surface area contributed by atoms with Gasteiger partial charge in [-0.15, -0.1) is 11.3 Å². The maximum atomic E-state index is 11.4. The average Bonchev–Trinajstić information content (AvgIpc) is 3.18. The lowest BCUT2D eigenvalue weighted by Gasteiger charge is -2.60. The Balaban J connectivity index is 1.38. The fraction of sp³-hybridized carbons (Fsp3) is 0.783. The lowest BCUT2D eigenvalue weighted by molar-refractivity contribution is -0.157. The number of amides is 1. The number of aromatic nitrogens is 1. The van der Waals surface area contributed by atoms with Gasteiger partial charge in [0.05, 0.1) is 5.69 Å². The standard InChI is InChI=1S/C23H32N2O3S/c1-13(27)28-15-6-8-22(2)14(10-15)4-5-16-17(22)7-9-23(3)18(16)11-19-20(23)25-21(29-19)24-12-26/h12,14-18H,4-11H2,1-3H3,(H,24,25,26)/t14-,15+,16+,17-,18-,22-,23-/m0/s1.